The van der Waals surface area contributed by atoms with Crippen molar-refractivity contribution in [1.82, 2.24) is 10.2 Å². The van der Waals surface area contributed by atoms with Crippen molar-refractivity contribution in [1.29, 1.82) is 0 Å². The average molecular weight is 245 g/mol. The van der Waals surface area contributed by atoms with E-state index in [1.165, 1.54) is 0 Å². The van der Waals surface area contributed by atoms with Gasteiger partial charge in [0.15, 0.2) is 11.5 Å². The van der Waals surface area contributed by atoms with Gasteiger partial charge in [0.05, 0.1) is 26.5 Å². The zero-order valence-electron chi connectivity index (χ0n) is 10.3. The lowest BCUT2D eigenvalue weighted by Crippen LogP contribution is -2.12. The first-order valence-electron chi connectivity index (χ1n) is 5.50. The van der Waals surface area contributed by atoms with Crippen LogP contribution in [0.15, 0.2) is 36.7 Å². The van der Waals surface area contributed by atoms with Crippen LogP contribution in [0.25, 0.3) is 0 Å². The van der Waals surface area contributed by atoms with E-state index in [4.69, 9.17) is 15.2 Å². The van der Waals surface area contributed by atoms with Gasteiger partial charge in [0, 0.05) is 6.20 Å². The number of hydrogen-bond acceptors (Lipinski definition) is 5. The number of nitrogens with two attached hydrogens (primary N) is 1. The molecule has 5 heteroatoms. The number of benzene rings is 1. The van der Waals surface area contributed by atoms with Gasteiger partial charge in [-0.3, -0.25) is 0 Å². The van der Waals surface area contributed by atoms with Crippen molar-refractivity contribution in [2.45, 2.75) is 6.04 Å². The molecule has 0 aliphatic carbocycles. The van der Waals surface area contributed by atoms with Gasteiger partial charge < -0.3 is 15.2 Å². The largest absolute Gasteiger partial charge is 0.493 e. The topological polar surface area (TPSA) is 70.3 Å². The lowest BCUT2D eigenvalue weighted by molar-refractivity contribution is 0.354. The smallest absolute Gasteiger partial charge is 0.161 e. The number of hydrogen-bond donors (Lipinski definition) is 1. The summed E-state index contributed by atoms with van der Waals surface area (Å²) in [6.45, 7) is 0. The minimum atomic E-state index is -0.264. The fraction of sp³-hybridized carbons (Fsp3) is 0.231. The molecule has 1 aromatic carbocycles. The molecule has 0 aliphatic heterocycles. The second-order valence-electron chi connectivity index (χ2n) is 3.77. The highest BCUT2D eigenvalue weighted by atomic mass is 16.5. The molecule has 2 rings (SSSR count). The van der Waals surface area contributed by atoms with Gasteiger partial charge in [0.1, 0.15) is 0 Å². The van der Waals surface area contributed by atoms with Crippen LogP contribution in [0.2, 0.25) is 0 Å². The van der Waals surface area contributed by atoms with E-state index in [1.54, 1.807) is 26.6 Å². The van der Waals surface area contributed by atoms with Gasteiger partial charge in [0.25, 0.3) is 0 Å². The van der Waals surface area contributed by atoms with Gasteiger partial charge in [-0.15, -0.1) is 0 Å². The normalized spacial score (nSPS) is 11.9. The van der Waals surface area contributed by atoms with Crippen LogP contribution in [0.1, 0.15) is 17.2 Å². The first kappa shape index (κ1) is 12.3. The summed E-state index contributed by atoms with van der Waals surface area (Å²) in [6, 6.07) is 7.19. The van der Waals surface area contributed by atoms with E-state index in [-0.39, 0.29) is 6.04 Å². The molecule has 2 N–H and O–H groups in total. The Morgan fingerprint density at radius 1 is 1.00 bits per heavy atom. The molecule has 94 valence electrons. The molecule has 1 aromatic heterocycles. The van der Waals surface area contributed by atoms with E-state index in [2.05, 4.69) is 10.2 Å². The van der Waals surface area contributed by atoms with Crippen molar-refractivity contribution in [3.05, 3.63) is 47.8 Å². The Morgan fingerprint density at radius 3 is 2.39 bits per heavy atom. The first-order chi connectivity index (χ1) is 8.76. The van der Waals surface area contributed by atoms with Crippen LogP contribution in [-0.2, 0) is 0 Å². The Labute approximate surface area is 106 Å². The summed E-state index contributed by atoms with van der Waals surface area (Å²) in [5.41, 5.74) is 8.00. The van der Waals surface area contributed by atoms with Gasteiger partial charge in [-0.1, -0.05) is 6.07 Å². The molecule has 1 unspecified atom stereocenters. The molecule has 0 saturated carbocycles. The molecule has 0 saturated heterocycles. The molecule has 0 spiro atoms. The molecule has 0 fully saturated rings. The standard InChI is InChI=1S/C13H15N3O2/c1-17-11-4-3-9(7-12(11)18-2)13(14)10-5-6-15-16-8-10/h3-8,13H,14H2,1-2H3. The van der Waals surface area contributed by atoms with Gasteiger partial charge in [0.2, 0.25) is 0 Å². The highest BCUT2D eigenvalue weighted by Gasteiger charge is 2.12. The summed E-state index contributed by atoms with van der Waals surface area (Å²) in [7, 11) is 3.20. The number of rotatable bonds is 4. The monoisotopic (exact) mass is 245 g/mol. The second kappa shape index (κ2) is 5.46. The Morgan fingerprint density at radius 2 is 1.78 bits per heavy atom. The number of ether oxygens (including phenoxy) is 2. The second-order valence-corrected chi connectivity index (χ2v) is 3.77. The maximum atomic E-state index is 6.17. The van der Waals surface area contributed by atoms with Crippen LogP contribution in [0.5, 0.6) is 11.5 Å². The minimum Gasteiger partial charge on any atom is -0.493 e. The zero-order valence-corrected chi connectivity index (χ0v) is 10.3. The highest BCUT2D eigenvalue weighted by molar-refractivity contribution is 5.45. The third-order valence-electron chi connectivity index (χ3n) is 2.73. The average Bonchev–Trinajstić information content (AvgIpc) is 2.46. The zero-order chi connectivity index (χ0) is 13.0. The molecule has 5 nitrogen and oxygen atoms in total. The molecule has 2 aromatic rings. The fourth-order valence-electron chi connectivity index (χ4n) is 1.72. The van der Waals surface area contributed by atoms with E-state index in [9.17, 15) is 0 Å². The minimum absolute atomic E-state index is 0.264. The highest BCUT2D eigenvalue weighted by Crippen LogP contribution is 2.30. The molecule has 0 radical (unpaired) electrons. The van der Waals surface area contributed by atoms with Crippen LogP contribution in [0, 0.1) is 0 Å². The summed E-state index contributed by atoms with van der Waals surface area (Å²) in [4.78, 5) is 0. The van der Waals surface area contributed by atoms with Gasteiger partial charge in [-0.05, 0) is 29.3 Å². The molecule has 0 bridgehead atoms. The maximum absolute atomic E-state index is 6.17. The first-order valence-corrected chi connectivity index (χ1v) is 5.50. The molecular formula is C13H15N3O2. The van der Waals surface area contributed by atoms with Crippen LogP contribution >= 0.6 is 0 Å². The van der Waals surface area contributed by atoms with Gasteiger partial charge >= 0.3 is 0 Å². The summed E-state index contributed by atoms with van der Waals surface area (Å²) in [5, 5.41) is 7.55. The number of methoxy groups -OCH3 is 2. The van der Waals surface area contributed by atoms with Crippen LogP contribution in [-0.4, -0.2) is 24.4 Å². The van der Waals surface area contributed by atoms with Crippen molar-refractivity contribution in [3.63, 3.8) is 0 Å². The summed E-state index contributed by atoms with van der Waals surface area (Å²) in [5.74, 6) is 1.34. The van der Waals surface area contributed by atoms with E-state index in [1.807, 2.05) is 24.3 Å². The SMILES string of the molecule is COc1ccc(C(N)c2ccnnc2)cc1OC. The van der Waals surface area contributed by atoms with Crippen molar-refractivity contribution in [2.24, 2.45) is 5.73 Å². The summed E-state index contributed by atoms with van der Waals surface area (Å²) >= 11 is 0. The van der Waals surface area contributed by atoms with Crippen molar-refractivity contribution in [3.8, 4) is 11.5 Å². The fourth-order valence-corrected chi connectivity index (χ4v) is 1.72. The van der Waals surface area contributed by atoms with Crippen molar-refractivity contribution >= 4 is 0 Å². The third kappa shape index (κ3) is 2.41. The molecule has 0 amide bonds. The Balaban J connectivity index is 2.34. The molecule has 0 aliphatic rings. The quantitative estimate of drug-likeness (QED) is 0.884. The maximum Gasteiger partial charge on any atom is 0.161 e. The summed E-state index contributed by atoms with van der Waals surface area (Å²) < 4.78 is 10.4. The van der Waals surface area contributed by atoms with Crippen LogP contribution in [0.3, 0.4) is 0 Å². The molecule has 18 heavy (non-hydrogen) atoms. The number of nitrogens with zero attached hydrogens (tertiary/aromatic N) is 2. The Kier molecular flexibility index (Phi) is 3.74. The van der Waals surface area contributed by atoms with E-state index in [0.29, 0.717) is 11.5 Å². The lowest BCUT2D eigenvalue weighted by Gasteiger charge is -2.14. The number of aromatic nitrogens is 2. The molecule has 1 heterocycles. The predicted molar refractivity (Wildman–Crippen MR) is 67.6 cm³/mol. The van der Waals surface area contributed by atoms with E-state index in [0.717, 1.165) is 11.1 Å². The van der Waals surface area contributed by atoms with Gasteiger partial charge in [-0.2, -0.15) is 10.2 Å². The Bertz CT molecular complexity index is 517. The Hall–Kier alpha value is -2.14. The molecular weight excluding hydrogens is 230 g/mol. The van der Waals surface area contributed by atoms with E-state index >= 15 is 0 Å². The van der Waals surface area contributed by atoms with Crippen molar-refractivity contribution < 1.29 is 9.47 Å². The van der Waals surface area contributed by atoms with Crippen LogP contribution < -0.4 is 15.2 Å². The third-order valence-corrected chi connectivity index (χ3v) is 2.73. The van der Waals surface area contributed by atoms with Crippen LogP contribution in [0.4, 0.5) is 0 Å². The van der Waals surface area contributed by atoms with Crippen molar-refractivity contribution in [2.75, 3.05) is 14.2 Å². The van der Waals surface area contributed by atoms with E-state index < -0.39 is 0 Å². The van der Waals surface area contributed by atoms with Gasteiger partial charge in [-0.25, -0.2) is 0 Å². The summed E-state index contributed by atoms with van der Waals surface area (Å²) in [6.07, 6.45) is 3.28. The predicted octanol–water partition coefficient (Wildman–Crippen LogP) is 1.54. The lowest BCUT2D eigenvalue weighted by atomic mass is 10.0. The molecule has 1 atom stereocenters.